The van der Waals surface area contributed by atoms with Gasteiger partial charge in [-0.1, -0.05) is 0 Å². The van der Waals surface area contributed by atoms with Crippen molar-refractivity contribution in [1.29, 1.82) is 0 Å². The molecule has 7 nitrogen and oxygen atoms in total. The van der Waals surface area contributed by atoms with E-state index in [4.69, 9.17) is 9.47 Å². The first-order valence-electron chi connectivity index (χ1n) is 9.90. The molecule has 3 aliphatic rings. The van der Waals surface area contributed by atoms with Crippen molar-refractivity contribution in [2.75, 3.05) is 42.3 Å². The normalized spacial score (nSPS) is 27.0. The fourth-order valence-corrected chi connectivity index (χ4v) is 4.05. The SMILES string of the molecule is CN1CC2OC2N(C)c2cnc(NC[C@H]3C[C@@H](Oc4cc(F)c(F)c(F)c4)C3)nc21. The second-order valence-corrected chi connectivity index (χ2v) is 8.12. The molecule has 1 N–H and O–H groups in total. The maximum absolute atomic E-state index is 13.3. The van der Waals surface area contributed by atoms with E-state index in [1.807, 2.05) is 14.1 Å². The largest absolute Gasteiger partial charge is 0.490 e. The third-order valence-corrected chi connectivity index (χ3v) is 5.88. The molecule has 2 aliphatic heterocycles. The molecule has 2 atom stereocenters. The zero-order valence-electron chi connectivity index (χ0n) is 16.6. The second-order valence-electron chi connectivity index (χ2n) is 8.12. The molecule has 2 fully saturated rings. The molecule has 2 aromatic rings. The molecule has 0 radical (unpaired) electrons. The number of aromatic nitrogens is 2. The summed E-state index contributed by atoms with van der Waals surface area (Å²) in [5.41, 5.74) is 0.934. The molecule has 3 heterocycles. The Kier molecular flexibility index (Phi) is 4.61. The van der Waals surface area contributed by atoms with Crippen LogP contribution >= 0.6 is 0 Å². The molecular formula is C20H22F3N5O2. The van der Waals surface area contributed by atoms with Gasteiger partial charge in [0.15, 0.2) is 29.5 Å². The first kappa shape index (κ1) is 19.2. The summed E-state index contributed by atoms with van der Waals surface area (Å²) in [6, 6.07) is 1.74. The van der Waals surface area contributed by atoms with E-state index >= 15 is 0 Å². The number of benzene rings is 1. The molecule has 10 heteroatoms. The summed E-state index contributed by atoms with van der Waals surface area (Å²) in [6.45, 7) is 1.45. The van der Waals surface area contributed by atoms with Crippen LogP contribution in [0.2, 0.25) is 0 Å². The highest BCUT2D eigenvalue weighted by molar-refractivity contribution is 5.69. The van der Waals surface area contributed by atoms with Crippen LogP contribution in [0.4, 0.5) is 30.6 Å². The van der Waals surface area contributed by atoms with Crippen molar-refractivity contribution in [2.45, 2.75) is 31.3 Å². The Labute approximate surface area is 171 Å². The minimum Gasteiger partial charge on any atom is -0.490 e. The number of nitrogens with one attached hydrogen (secondary N) is 1. The Bertz CT molecular complexity index is 948. The van der Waals surface area contributed by atoms with Gasteiger partial charge in [-0.05, 0) is 18.8 Å². The molecule has 0 amide bonds. The van der Waals surface area contributed by atoms with Crippen LogP contribution in [0.15, 0.2) is 18.3 Å². The number of anilines is 3. The molecule has 1 aliphatic carbocycles. The van der Waals surface area contributed by atoms with Crippen LogP contribution in [0.1, 0.15) is 12.8 Å². The molecule has 160 valence electrons. The smallest absolute Gasteiger partial charge is 0.224 e. The topological polar surface area (TPSA) is 66.0 Å². The summed E-state index contributed by atoms with van der Waals surface area (Å²) >= 11 is 0. The van der Waals surface area contributed by atoms with E-state index in [-0.39, 0.29) is 24.2 Å². The van der Waals surface area contributed by atoms with Crippen molar-refractivity contribution in [3.8, 4) is 5.75 Å². The van der Waals surface area contributed by atoms with E-state index in [0.717, 1.165) is 43.0 Å². The predicted octanol–water partition coefficient (Wildman–Crippen LogP) is 2.77. The Balaban J connectivity index is 1.15. The lowest BCUT2D eigenvalue weighted by atomic mass is 9.82. The van der Waals surface area contributed by atoms with Gasteiger partial charge in [0.2, 0.25) is 5.95 Å². The number of halogens is 3. The number of hydrogen-bond acceptors (Lipinski definition) is 7. The maximum Gasteiger partial charge on any atom is 0.224 e. The predicted molar refractivity (Wildman–Crippen MR) is 104 cm³/mol. The summed E-state index contributed by atoms with van der Waals surface area (Å²) in [5, 5.41) is 3.26. The van der Waals surface area contributed by atoms with Crippen LogP contribution in [-0.2, 0) is 4.74 Å². The number of epoxide rings is 1. The highest BCUT2D eigenvalue weighted by Gasteiger charge is 2.46. The molecule has 0 bridgehead atoms. The second kappa shape index (κ2) is 7.19. The van der Waals surface area contributed by atoms with E-state index in [2.05, 4.69) is 25.1 Å². The van der Waals surface area contributed by atoms with Gasteiger partial charge in [0.1, 0.15) is 17.5 Å². The van der Waals surface area contributed by atoms with Crippen molar-refractivity contribution < 1.29 is 22.6 Å². The highest BCUT2D eigenvalue weighted by atomic mass is 19.2. The zero-order valence-corrected chi connectivity index (χ0v) is 16.6. The number of ether oxygens (including phenoxy) is 2. The van der Waals surface area contributed by atoms with Gasteiger partial charge in [-0.2, -0.15) is 4.98 Å². The van der Waals surface area contributed by atoms with E-state index in [0.29, 0.717) is 18.4 Å². The fourth-order valence-electron chi connectivity index (χ4n) is 4.05. The number of fused-ring (bicyclic) bond motifs is 2. The van der Waals surface area contributed by atoms with Crippen molar-refractivity contribution in [3.05, 3.63) is 35.8 Å². The molecule has 5 rings (SSSR count). The van der Waals surface area contributed by atoms with Crippen LogP contribution in [0.5, 0.6) is 5.75 Å². The average Bonchev–Trinajstić information content (AvgIpc) is 3.46. The number of nitrogens with zero attached hydrogens (tertiary/aromatic N) is 4. The molecule has 1 saturated heterocycles. The van der Waals surface area contributed by atoms with E-state index in [1.165, 1.54) is 0 Å². The van der Waals surface area contributed by atoms with Gasteiger partial charge >= 0.3 is 0 Å². The number of likely N-dealkylation sites (N-methyl/N-ethyl adjacent to an activating group) is 2. The molecule has 1 saturated carbocycles. The van der Waals surface area contributed by atoms with Crippen molar-refractivity contribution >= 4 is 17.5 Å². The highest BCUT2D eigenvalue weighted by Crippen LogP contribution is 2.39. The lowest BCUT2D eigenvalue weighted by molar-refractivity contribution is 0.0701. The first-order chi connectivity index (χ1) is 14.4. The van der Waals surface area contributed by atoms with Gasteiger partial charge in [0, 0.05) is 39.3 Å². The van der Waals surface area contributed by atoms with Gasteiger partial charge in [-0.25, -0.2) is 18.2 Å². The Morgan fingerprint density at radius 3 is 2.67 bits per heavy atom. The third kappa shape index (κ3) is 3.49. The Morgan fingerprint density at radius 1 is 1.20 bits per heavy atom. The molecule has 1 aromatic heterocycles. The maximum atomic E-state index is 13.3. The zero-order chi connectivity index (χ0) is 21.0. The van der Waals surface area contributed by atoms with Gasteiger partial charge < -0.3 is 24.6 Å². The number of rotatable bonds is 5. The lowest BCUT2D eigenvalue weighted by Crippen LogP contribution is -2.37. The summed E-state index contributed by atoms with van der Waals surface area (Å²) in [5.74, 6) is -2.23. The molecule has 1 aromatic carbocycles. The van der Waals surface area contributed by atoms with Gasteiger partial charge in [-0.15, -0.1) is 0 Å². The van der Waals surface area contributed by atoms with Crippen LogP contribution in [0, 0.1) is 23.4 Å². The van der Waals surface area contributed by atoms with Crippen LogP contribution in [-0.4, -0.2) is 55.6 Å². The third-order valence-electron chi connectivity index (χ3n) is 5.88. The summed E-state index contributed by atoms with van der Waals surface area (Å²) in [4.78, 5) is 13.2. The van der Waals surface area contributed by atoms with Crippen LogP contribution in [0.3, 0.4) is 0 Å². The van der Waals surface area contributed by atoms with Crippen molar-refractivity contribution in [2.24, 2.45) is 5.92 Å². The minimum absolute atomic E-state index is 0.00563. The van der Waals surface area contributed by atoms with Crippen molar-refractivity contribution in [3.63, 3.8) is 0 Å². The molecule has 2 unspecified atom stereocenters. The number of hydrogen-bond donors (Lipinski definition) is 1. The Morgan fingerprint density at radius 2 is 1.93 bits per heavy atom. The monoisotopic (exact) mass is 421 g/mol. The molecular weight excluding hydrogens is 399 g/mol. The molecule has 30 heavy (non-hydrogen) atoms. The summed E-state index contributed by atoms with van der Waals surface area (Å²) in [7, 11) is 3.97. The van der Waals surface area contributed by atoms with E-state index in [1.54, 1.807) is 6.20 Å². The van der Waals surface area contributed by atoms with E-state index < -0.39 is 17.5 Å². The Hall–Kier alpha value is -2.75. The fraction of sp³-hybridized carbons (Fsp3) is 0.500. The first-order valence-corrected chi connectivity index (χ1v) is 9.90. The summed E-state index contributed by atoms with van der Waals surface area (Å²) < 4.78 is 50.8. The standard InChI is InChI=1S/C20H22F3N5O2/c1-27-9-16-19(30-16)28(2)15-8-25-20(26-18(15)27)24-7-10-3-11(4-10)29-12-5-13(21)17(23)14(22)6-12/h5-6,8,10-11,16,19H,3-4,7,9H2,1-2H3,(H,24,25,26)/t10-,11+,16?,19?. The lowest BCUT2D eigenvalue weighted by Gasteiger charge is -2.35. The van der Waals surface area contributed by atoms with Gasteiger partial charge in [-0.3, -0.25) is 0 Å². The van der Waals surface area contributed by atoms with E-state index in [9.17, 15) is 13.2 Å². The van der Waals surface area contributed by atoms with Crippen molar-refractivity contribution in [1.82, 2.24) is 9.97 Å². The minimum atomic E-state index is -1.49. The van der Waals surface area contributed by atoms with Crippen LogP contribution < -0.4 is 19.9 Å². The summed E-state index contributed by atoms with van der Waals surface area (Å²) in [6.07, 6.45) is 3.38. The quantitative estimate of drug-likeness (QED) is 0.588. The van der Waals surface area contributed by atoms with Gasteiger partial charge in [0.05, 0.1) is 12.3 Å². The molecule has 0 spiro atoms. The average molecular weight is 421 g/mol. The van der Waals surface area contributed by atoms with Crippen LogP contribution in [0.25, 0.3) is 0 Å². The van der Waals surface area contributed by atoms with Gasteiger partial charge in [0.25, 0.3) is 0 Å².